The summed E-state index contributed by atoms with van der Waals surface area (Å²) in [5.74, 6) is 0. The van der Waals surface area contributed by atoms with E-state index in [0.29, 0.717) is 0 Å². The average molecular weight is 424 g/mol. The van der Waals surface area contributed by atoms with Crippen molar-refractivity contribution in [1.82, 2.24) is 4.98 Å². The molecule has 0 amide bonds. The second kappa shape index (κ2) is 5.67. The summed E-state index contributed by atoms with van der Waals surface area (Å²) in [4.78, 5) is 5.52. The molecule has 2 rings (SSSR count). The molecule has 1 nitrogen and oxygen atoms in total. The minimum Gasteiger partial charge on any atom is -0.247 e. The van der Waals surface area contributed by atoms with Crippen LogP contribution in [0.25, 0.3) is 0 Å². The van der Waals surface area contributed by atoms with Crippen LogP contribution < -0.4 is 0 Å². The minimum absolute atomic E-state index is 0.963. The van der Waals surface area contributed by atoms with E-state index in [2.05, 4.69) is 64.9 Å². The van der Waals surface area contributed by atoms with Crippen molar-refractivity contribution in [2.75, 3.05) is 0 Å². The van der Waals surface area contributed by atoms with E-state index in [9.17, 15) is 0 Å². The highest BCUT2D eigenvalue weighted by Crippen LogP contribution is 2.33. The van der Waals surface area contributed by atoms with Gasteiger partial charge in [-0.05, 0) is 62.2 Å². The van der Waals surface area contributed by atoms with Crippen molar-refractivity contribution < 1.29 is 0 Å². The molecule has 0 aliphatic carbocycles. The zero-order valence-electron chi connectivity index (χ0n) is 7.95. The summed E-state index contributed by atoms with van der Waals surface area (Å²) in [6.45, 7) is 0. The van der Waals surface area contributed by atoms with E-state index in [1.165, 1.54) is 4.90 Å². The maximum absolute atomic E-state index is 4.35. The molecule has 0 aliphatic heterocycles. The zero-order chi connectivity index (χ0) is 11.5. The summed E-state index contributed by atoms with van der Waals surface area (Å²) in [5.41, 5.74) is 0. The first kappa shape index (κ1) is 12.6. The van der Waals surface area contributed by atoms with Crippen LogP contribution in [0.1, 0.15) is 0 Å². The lowest BCUT2D eigenvalue weighted by Crippen LogP contribution is -1.82. The summed E-state index contributed by atoms with van der Waals surface area (Å²) >= 11 is 11.9. The molecule has 1 aromatic heterocycles. The third-order valence-electron chi connectivity index (χ3n) is 1.80. The molecular weight excluding hydrogens is 418 g/mol. The molecule has 82 valence electrons. The molecule has 2 aromatic rings. The highest BCUT2D eigenvalue weighted by molar-refractivity contribution is 9.11. The van der Waals surface area contributed by atoms with E-state index < -0.39 is 0 Å². The summed E-state index contributed by atoms with van der Waals surface area (Å²) in [5, 5.41) is 0.963. The summed E-state index contributed by atoms with van der Waals surface area (Å²) in [6.07, 6.45) is 1.80. The first-order valence-electron chi connectivity index (χ1n) is 4.39. The molecule has 0 saturated carbocycles. The van der Waals surface area contributed by atoms with E-state index in [-0.39, 0.29) is 0 Å². The fraction of sp³-hybridized carbons (Fsp3) is 0. The van der Waals surface area contributed by atoms with E-state index in [0.717, 1.165) is 18.4 Å². The Balaban J connectivity index is 2.23. The molecule has 0 radical (unpaired) electrons. The number of hydrogen-bond acceptors (Lipinski definition) is 2. The Morgan fingerprint density at radius 2 is 1.62 bits per heavy atom. The van der Waals surface area contributed by atoms with Gasteiger partial charge in [0.25, 0.3) is 0 Å². The fourth-order valence-electron chi connectivity index (χ4n) is 1.09. The predicted octanol–water partition coefficient (Wildman–Crippen LogP) is 5.52. The molecule has 0 saturated heterocycles. The molecule has 16 heavy (non-hydrogen) atoms. The van der Waals surface area contributed by atoms with Gasteiger partial charge in [0, 0.05) is 20.0 Å². The minimum atomic E-state index is 0.963. The standard InChI is InChI=1S/C11H6Br3NS/c12-7-1-3-9(4-2-7)16-11-10(14)5-8(13)6-15-11/h1-6H. The topological polar surface area (TPSA) is 12.9 Å². The van der Waals surface area contributed by atoms with E-state index in [1.807, 2.05) is 18.2 Å². The number of halogens is 3. The molecule has 0 N–H and O–H groups in total. The third-order valence-corrected chi connectivity index (χ3v) is 4.66. The molecule has 0 fully saturated rings. The van der Waals surface area contributed by atoms with Gasteiger partial charge in [-0.25, -0.2) is 4.98 Å². The van der Waals surface area contributed by atoms with E-state index in [4.69, 9.17) is 0 Å². The number of benzene rings is 1. The van der Waals surface area contributed by atoms with Crippen molar-refractivity contribution in [3.8, 4) is 0 Å². The van der Waals surface area contributed by atoms with Crippen LogP contribution in [0.2, 0.25) is 0 Å². The maximum atomic E-state index is 4.35. The Morgan fingerprint density at radius 3 is 2.25 bits per heavy atom. The van der Waals surface area contributed by atoms with Gasteiger partial charge in [0.1, 0.15) is 5.03 Å². The number of nitrogens with zero attached hydrogens (tertiary/aromatic N) is 1. The van der Waals surface area contributed by atoms with E-state index >= 15 is 0 Å². The highest BCUT2D eigenvalue weighted by Gasteiger charge is 2.04. The van der Waals surface area contributed by atoms with Gasteiger partial charge in [-0.1, -0.05) is 27.7 Å². The van der Waals surface area contributed by atoms with Gasteiger partial charge in [-0.3, -0.25) is 0 Å². The van der Waals surface area contributed by atoms with Crippen molar-refractivity contribution in [1.29, 1.82) is 0 Å². The number of rotatable bonds is 2. The SMILES string of the molecule is Brc1ccc(Sc2ncc(Br)cc2Br)cc1. The van der Waals surface area contributed by atoms with Crippen LogP contribution in [-0.2, 0) is 0 Å². The monoisotopic (exact) mass is 421 g/mol. The molecule has 0 unspecified atom stereocenters. The third kappa shape index (κ3) is 3.32. The van der Waals surface area contributed by atoms with Crippen LogP contribution in [-0.4, -0.2) is 4.98 Å². The lowest BCUT2D eigenvalue weighted by molar-refractivity contribution is 1.10. The van der Waals surface area contributed by atoms with Crippen LogP contribution in [0, 0.1) is 0 Å². The van der Waals surface area contributed by atoms with Crippen LogP contribution in [0.3, 0.4) is 0 Å². The van der Waals surface area contributed by atoms with Gasteiger partial charge >= 0.3 is 0 Å². The van der Waals surface area contributed by atoms with Gasteiger partial charge in [-0.2, -0.15) is 0 Å². The Hall–Kier alpha value is 0.160. The quantitative estimate of drug-likeness (QED) is 0.630. The lowest BCUT2D eigenvalue weighted by Gasteiger charge is -2.03. The van der Waals surface area contributed by atoms with E-state index in [1.54, 1.807) is 18.0 Å². The number of hydrogen-bond donors (Lipinski definition) is 0. The van der Waals surface area contributed by atoms with Gasteiger partial charge in [0.15, 0.2) is 0 Å². The molecule has 0 aliphatic rings. The highest BCUT2D eigenvalue weighted by atomic mass is 79.9. The molecule has 0 atom stereocenters. The van der Waals surface area contributed by atoms with Gasteiger partial charge in [0.2, 0.25) is 0 Å². The largest absolute Gasteiger partial charge is 0.247 e. The van der Waals surface area contributed by atoms with Crippen LogP contribution in [0.4, 0.5) is 0 Å². The molecule has 5 heteroatoms. The van der Waals surface area contributed by atoms with Crippen LogP contribution in [0.5, 0.6) is 0 Å². The molecule has 0 spiro atoms. The predicted molar refractivity (Wildman–Crippen MR) is 77.9 cm³/mol. The van der Waals surface area contributed by atoms with Crippen molar-refractivity contribution in [3.63, 3.8) is 0 Å². The summed E-state index contributed by atoms with van der Waals surface area (Å²) < 4.78 is 3.05. The Kier molecular flexibility index (Phi) is 4.47. The average Bonchev–Trinajstić information content (AvgIpc) is 2.25. The molecule has 1 aromatic carbocycles. The van der Waals surface area contributed by atoms with Crippen molar-refractivity contribution >= 4 is 59.6 Å². The van der Waals surface area contributed by atoms with Gasteiger partial charge in [0.05, 0.1) is 4.47 Å². The molecule has 1 heterocycles. The normalized spacial score (nSPS) is 10.4. The smallest absolute Gasteiger partial charge is 0.115 e. The first-order valence-corrected chi connectivity index (χ1v) is 7.59. The van der Waals surface area contributed by atoms with Gasteiger partial charge in [-0.15, -0.1) is 0 Å². The van der Waals surface area contributed by atoms with Crippen molar-refractivity contribution in [2.45, 2.75) is 9.92 Å². The van der Waals surface area contributed by atoms with Gasteiger partial charge < -0.3 is 0 Å². The fourth-order valence-corrected chi connectivity index (χ4v) is 3.34. The first-order chi connectivity index (χ1) is 7.65. The van der Waals surface area contributed by atoms with Crippen LogP contribution in [0.15, 0.2) is 59.9 Å². The lowest BCUT2D eigenvalue weighted by atomic mass is 10.4. The molecule has 0 bridgehead atoms. The zero-order valence-corrected chi connectivity index (χ0v) is 13.5. The second-order valence-corrected chi connectivity index (χ2v) is 6.74. The van der Waals surface area contributed by atoms with Crippen molar-refractivity contribution in [2.24, 2.45) is 0 Å². The Labute approximate surface area is 123 Å². The molecular formula is C11H6Br3NS. The maximum Gasteiger partial charge on any atom is 0.115 e. The number of pyridine rings is 1. The summed E-state index contributed by atoms with van der Waals surface area (Å²) in [6, 6.07) is 10.2. The summed E-state index contributed by atoms with van der Waals surface area (Å²) in [7, 11) is 0. The van der Waals surface area contributed by atoms with Crippen LogP contribution >= 0.6 is 59.6 Å². The Bertz CT molecular complexity index is 499. The second-order valence-electron chi connectivity index (χ2n) is 3.00. The Morgan fingerprint density at radius 1 is 0.938 bits per heavy atom. The number of aromatic nitrogens is 1. The van der Waals surface area contributed by atoms with Crippen molar-refractivity contribution in [3.05, 3.63) is 49.9 Å².